The summed E-state index contributed by atoms with van der Waals surface area (Å²) in [4.78, 5) is 30.9. The van der Waals surface area contributed by atoms with Crippen molar-refractivity contribution in [2.45, 2.75) is 78.5 Å². The fourth-order valence-corrected chi connectivity index (χ4v) is 3.47. The van der Waals surface area contributed by atoms with Gasteiger partial charge in [-0.3, -0.25) is 9.69 Å². The lowest BCUT2D eigenvalue weighted by Crippen LogP contribution is -2.42. The first kappa shape index (κ1) is 22.1. The van der Waals surface area contributed by atoms with Gasteiger partial charge in [-0.15, -0.1) is 0 Å². The number of anilines is 1. The number of piperidine rings is 1. The molecule has 6 nitrogen and oxygen atoms in total. The van der Waals surface area contributed by atoms with Crippen molar-refractivity contribution < 1.29 is 14.3 Å². The van der Waals surface area contributed by atoms with Crippen molar-refractivity contribution in [3.63, 3.8) is 0 Å². The summed E-state index contributed by atoms with van der Waals surface area (Å²) in [7, 11) is 0. The lowest BCUT2D eigenvalue weighted by molar-refractivity contribution is -0.148. The Balaban J connectivity index is 0.00000136. The molecule has 1 saturated heterocycles. The third kappa shape index (κ3) is 6.44. The number of carbonyl (C=O) groups is 2. The summed E-state index contributed by atoms with van der Waals surface area (Å²) in [5.41, 5.74) is 1.29. The van der Waals surface area contributed by atoms with Gasteiger partial charge in [0.15, 0.2) is 0 Å². The van der Waals surface area contributed by atoms with Gasteiger partial charge in [0, 0.05) is 36.8 Å². The molecule has 6 heteroatoms. The summed E-state index contributed by atoms with van der Waals surface area (Å²) in [5, 5.41) is 2.93. The van der Waals surface area contributed by atoms with Crippen LogP contribution < -0.4 is 5.32 Å². The zero-order chi connectivity index (χ0) is 20.7. The van der Waals surface area contributed by atoms with Gasteiger partial charge in [0.25, 0.3) is 0 Å². The number of hydrogen-bond donors (Lipinski definition) is 1. The lowest BCUT2D eigenvalue weighted by Gasteiger charge is -2.37. The Morgan fingerprint density at radius 3 is 2.79 bits per heavy atom. The van der Waals surface area contributed by atoms with Crippen molar-refractivity contribution >= 4 is 23.8 Å². The van der Waals surface area contributed by atoms with Crippen molar-refractivity contribution in [3.8, 4) is 0 Å². The second-order valence-corrected chi connectivity index (χ2v) is 8.02. The molecule has 3 rings (SSSR count). The summed E-state index contributed by atoms with van der Waals surface area (Å²) in [6, 6.07) is 2.29. The molecule has 1 N–H and O–H groups in total. The minimum Gasteiger partial charge on any atom is -0.457 e. The maximum Gasteiger partial charge on any atom is 0.331 e. The molecule has 3 heterocycles. The SMILES string of the molecule is CC.CC(C)(C)OC(=O)/C=C/c1cnc2c(c1)CN1CCCCC1CC(=O)N2. The van der Waals surface area contributed by atoms with Crippen molar-refractivity contribution in [1.82, 2.24) is 9.88 Å². The maximum absolute atomic E-state index is 12.2. The highest BCUT2D eigenvalue weighted by molar-refractivity contribution is 5.91. The molecule has 1 aromatic heterocycles. The smallest absolute Gasteiger partial charge is 0.331 e. The van der Waals surface area contributed by atoms with E-state index in [0.717, 1.165) is 30.6 Å². The Bertz CT molecular complexity index is 722. The van der Waals surface area contributed by atoms with Gasteiger partial charge in [0.1, 0.15) is 11.4 Å². The molecule has 28 heavy (non-hydrogen) atoms. The van der Waals surface area contributed by atoms with Crippen LogP contribution in [-0.2, 0) is 20.9 Å². The number of ether oxygens (including phenoxy) is 1. The van der Waals surface area contributed by atoms with Crippen molar-refractivity contribution in [1.29, 1.82) is 0 Å². The van der Waals surface area contributed by atoms with Crippen molar-refractivity contribution in [3.05, 3.63) is 29.5 Å². The highest BCUT2D eigenvalue weighted by Crippen LogP contribution is 2.27. The molecule has 0 spiro atoms. The van der Waals surface area contributed by atoms with E-state index >= 15 is 0 Å². The lowest BCUT2D eigenvalue weighted by atomic mass is 9.97. The molecule has 154 valence electrons. The average Bonchev–Trinajstić information content (AvgIpc) is 2.62. The molecular weight excluding hydrogens is 354 g/mol. The van der Waals surface area contributed by atoms with Gasteiger partial charge in [-0.25, -0.2) is 9.78 Å². The topological polar surface area (TPSA) is 71.5 Å². The Morgan fingerprint density at radius 2 is 2.07 bits per heavy atom. The van der Waals surface area contributed by atoms with Crippen LogP contribution in [0.3, 0.4) is 0 Å². The Kier molecular flexibility index (Phi) is 7.75. The zero-order valence-corrected chi connectivity index (χ0v) is 17.7. The van der Waals surface area contributed by atoms with Gasteiger partial charge in [0.2, 0.25) is 5.91 Å². The van der Waals surface area contributed by atoms with E-state index in [1.54, 1.807) is 12.3 Å². The standard InChI is InChI=1S/C20H27N3O3.C2H6/c1-20(2,3)26-18(25)8-7-14-10-15-13-23-9-5-4-6-16(23)11-17(24)22-19(15)21-12-14;1-2/h7-8,10,12,16H,4-6,9,11,13H2,1-3H3,(H,21,22,24);1-2H3/b8-7+;. The van der Waals surface area contributed by atoms with Crippen LogP contribution in [0.15, 0.2) is 18.3 Å². The molecule has 2 aliphatic rings. The summed E-state index contributed by atoms with van der Waals surface area (Å²) in [6.45, 7) is 11.3. The van der Waals surface area contributed by atoms with Gasteiger partial charge < -0.3 is 10.1 Å². The number of hydrogen-bond acceptors (Lipinski definition) is 5. The fourth-order valence-electron chi connectivity index (χ4n) is 3.47. The van der Waals surface area contributed by atoms with Crippen LogP contribution in [0.25, 0.3) is 6.08 Å². The van der Waals surface area contributed by atoms with E-state index in [-0.39, 0.29) is 11.9 Å². The van der Waals surface area contributed by atoms with Gasteiger partial charge in [0.05, 0.1) is 0 Å². The number of pyridine rings is 1. The van der Waals surface area contributed by atoms with E-state index in [2.05, 4.69) is 15.2 Å². The number of amides is 1. The second kappa shape index (κ2) is 9.82. The monoisotopic (exact) mass is 387 g/mol. The molecule has 1 aromatic rings. The van der Waals surface area contributed by atoms with E-state index in [1.807, 2.05) is 40.7 Å². The summed E-state index contributed by atoms with van der Waals surface area (Å²) < 4.78 is 5.28. The van der Waals surface area contributed by atoms with Crippen molar-refractivity contribution in [2.75, 3.05) is 11.9 Å². The predicted molar refractivity (Wildman–Crippen MR) is 112 cm³/mol. The molecule has 1 fully saturated rings. The van der Waals surface area contributed by atoms with Crippen LogP contribution in [0.2, 0.25) is 0 Å². The first-order chi connectivity index (χ1) is 13.3. The Morgan fingerprint density at radius 1 is 1.32 bits per heavy atom. The average molecular weight is 388 g/mol. The third-order valence-electron chi connectivity index (χ3n) is 4.61. The van der Waals surface area contributed by atoms with Gasteiger partial charge in [-0.2, -0.15) is 0 Å². The quantitative estimate of drug-likeness (QED) is 0.609. The van der Waals surface area contributed by atoms with Gasteiger partial charge >= 0.3 is 5.97 Å². The first-order valence-electron chi connectivity index (χ1n) is 10.2. The molecule has 0 radical (unpaired) electrons. The molecule has 0 bridgehead atoms. The Hall–Kier alpha value is -2.21. The largest absolute Gasteiger partial charge is 0.457 e. The molecule has 1 unspecified atom stereocenters. The zero-order valence-electron chi connectivity index (χ0n) is 17.7. The number of rotatable bonds is 2. The van der Waals surface area contributed by atoms with Crippen LogP contribution in [0.1, 0.15) is 71.4 Å². The highest BCUT2D eigenvalue weighted by Gasteiger charge is 2.28. The van der Waals surface area contributed by atoms with Crippen LogP contribution in [0.5, 0.6) is 0 Å². The van der Waals surface area contributed by atoms with E-state index in [1.165, 1.54) is 18.9 Å². The minimum absolute atomic E-state index is 0.0207. The van der Waals surface area contributed by atoms with Crippen LogP contribution >= 0.6 is 0 Å². The number of nitrogens with zero attached hydrogens (tertiary/aromatic N) is 2. The number of aromatic nitrogens is 1. The third-order valence-corrected chi connectivity index (χ3v) is 4.61. The van der Waals surface area contributed by atoms with Crippen LogP contribution in [0.4, 0.5) is 5.82 Å². The van der Waals surface area contributed by atoms with E-state index < -0.39 is 5.60 Å². The number of esters is 1. The molecular formula is C22H33N3O3. The molecule has 1 atom stereocenters. The maximum atomic E-state index is 12.2. The molecule has 0 aromatic carbocycles. The summed E-state index contributed by atoms with van der Waals surface area (Å²) in [5.74, 6) is 0.259. The van der Waals surface area contributed by atoms with Crippen molar-refractivity contribution in [2.24, 2.45) is 0 Å². The summed E-state index contributed by atoms with van der Waals surface area (Å²) in [6.07, 6.45) is 8.72. The van der Waals surface area contributed by atoms with Crippen LogP contribution in [0, 0.1) is 0 Å². The second-order valence-electron chi connectivity index (χ2n) is 8.02. The normalized spacial score (nSPS) is 20.0. The van der Waals surface area contributed by atoms with E-state index in [4.69, 9.17) is 4.74 Å². The molecule has 2 aliphatic heterocycles. The highest BCUT2D eigenvalue weighted by atomic mass is 16.6. The van der Waals surface area contributed by atoms with Gasteiger partial charge in [-0.05, 0) is 57.9 Å². The Labute approximate surface area is 168 Å². The first-order valence-corrected chi connectivity index (χ1v) is 10.2. The van der Waals surface area contributed by atoms with E-state index in [9.17, 15) is 9.59 Å². The molecule has 1 amide bonds. The number of nitrogens with one attached hydrogen (secondary N) is 1. The predicted octanol–water partition coefficient (Wildman–Crippen LogP) is 4.16. The number of carbonyl (C=O) groups excluding carboxylic acids is 2. The van der Waals surface area contributed by atoms with Gasteiger partial charge in [-0.1, -0.05) is 20.3 Å². The number of fused-ring (bicyclic) bond motifs is 2. The molecule has 0 saturated carbocycles. The minimum atomic E-state index is -0.515. The molecule has 0 aliphatic carbocycles. The fraction of sp³-hybridized carbons (Fsp3) is 0.591. The summed E-state index contributed by atoms with van der Waals surface area (Å²) >= 11 is 0. The van der Waals surface area contributed by atoms with E-state index in [0.29, 0.717) is 18.3 Å². The van der Waals surface area contributed by atoms with Crippen LogP contribution in [-0.4, -0.2) is 39.9 Å².